The van der Waals surface area contributed by atoms with Crippen LogP contribution in [0.3, 0.4) is 0 Å². The van der Waals surface area contributed by atoms with Gasteiger partial charge in [0, 0.05) is 12.3 Å². The van der Waals surface area contributed by atoms with E-state index in [9.17, 15) is 19.5 Å². The van der Waals surface area contributed by atoms with Crippen molar-refractivity contribution >= 4 is 17.7 Å². The van der Waals surface area contributed by atoms with Crippen LogP contribution in [0.2, 0.25) is 0 Å². The van der Waals surface area contributed by atoms with Crippen molar-refractivity contribution in [2.45, 2.75) is 83.0 Å². The molecular weight excluding hydrogens is 444 g/mol. The lowest BCUT2D eigenvalue weighted by Gasteiger charge is -2.46. The molecule has 4 fully saturated rings. The van der Waals surface area contributed by atoms with Crippen molar-refractivity contribution in [3.63, 3.8) is 0 Å². The van der Waals surface area contributed by atoms with Gasteiger partial charge in [0.2, 0.25) is 0 Å². The first-order valence-electron chi connectivity index (χ1n) is 13.6. The van der Waals surface area contributed by atoms with Crippen molar-refractivity contribution in [1.82, 2.24) is 0 Å². The number of carbonyl (C=O) groups is 3. The molecule has 1 N–H and O–H groups in total. The highest BCUT2D eigenvalue weighted by molar-refractivity contribution is 5.99. The zero-order valence-corrected chi connectivity index (χ0v) is 20.6. The van der Waals surface area contributed by atoms with Gasteiger partial charge < -0.3 is 14.6 Å². The molecule has 6 aliphatic carbocycles. The second-order valence-corrected chi connectivity index (χ2v) is 12.0. The number of hydrogen-bond donors (Lipinski definition) is 1. The Hall–Kier alpha value is -2.37. The summed E-state index contributed by atoms with van der Waals surface area (Å²) < 4.78 is 11.3. The van der Waals surface area contributed by atoms with Gasteiger partial charge in [-0.3, -0.25) is 14.4 Å². The van der Waals surface area contributed by atoms with Gasteiger partial charge >= 0.3 is 11.9 Å². The maximum Gasteiger partial charge on any atom is 0.310 e. The second-order valence-electron chi connectivity index (χ2n) is 12.0. The molecule has 7 atom stereocenters. The maximum absolute atomic E-state index is 13.4. The molecule has 7 rings (SSSR count). The number of ether oxygens (including phenoxy) is 2. The zero-order chi connectivity index (χ0) is 24.4. The van der Waals surface area contributed by atoms with Crippen molar-refractivity contribution < 1.29 is 29.0 Å². The van der Waals surface area contributed by atoms with Gasteiger partial charge in [-0.05, 0) is 85.0 Å². The number of benzene rings is 1. The molecule has 0 radical (unpaired) electrons. The average Bonchev–Trinajstić information content (AvgIpc) is 3.35. The van der Waals surface area contributed by atoms with Gasteiger partial charge in [-0.1, -0.05) is 25.8 Å². The number of carbonyl (C=O) groups excluding carboxylic acids is 3. The number of rotatable bonds is 8. The number of aromatic hydroxyl groups is 1. The normalized spacial score (nSPS) is 38.0. The van der Waals surface area contributed by atoms with E-state index < -0.39 is 35.6 Å². The van der Waals surface area contributed by atoms with E-state index >= 15 is 0 Å². The Labute approximate surface area is 206 Å². The Kier molecular flexibility index (Phi) is 5.50. The summed E-state index contributed by atoms with van der Waals surface area (Å²) in [5.41, 5.74) is 2.60. The Morgan fingerprint density at radius 3 is 2.69 bits per heavy atom. The lowest BCUT2D eigenvalue weighted by molar-refractivity contribution is -0.167. The predicted octanol–water partition coefficient (Wildman–Crippen LogP) is 5.03. The Bertz CT molecular complexity index is 1060. The highest BCUT2D eigenvalue weighted by Crippen LogP contribution is 2.80. The van der Waals surface area contributed by atoms with Gasteiger partial charge in [-0.2, -0.15) is 0 Å². The van der Waals surface area contributed by atoms with E-state index in [-0.39, 0.29) is 24.6 Å². The Morgan fingerprint density at radius 1 is 1.09 bits per heavy atom. The fraction of sp³-hybridized carbons (Fsp3) is 0.690. The highest BCUT2D eigenvalue weighted by Gasteiger charge is 2.71. The quantitative estimate of drug-likeness (QED) is 0.415. The fourth-order valence-electron chi connectivity index (χ4n) is 8.74. The molecule has 35 heavy (non-hydrogen) atoms. The van der Waals surface area contributed by atoms with Crippen molar-refractivity contribution in [3.8, 4) is 5.75 Å². The Morgan fingerprint density at radius 2 is 1.89 bits per heavy atom. The summed E-state index contributed by atoms with van der Waals surface area (Å²) >= 11 is 0. The number of esters is 2. The van der Waals surface area contributed by atoms with Crippen molar-refractivity contribution in [2.24, 2.45) is 28.6 Å². The van der Waals surface area contributed by atoms with E-state index in [0.717, 1.165) is 24.3 Å². The summed E-state index contributed by atoms with van der Waals surface area (Å²) in [5.74, 6) is -2.82. The molecule has 1 aromatic carbocycles. The minimum atomic E-state index is -0.894. The fourth-order valence-corrected chi connectivity index (χ4v) is 8.74. The number of phenols is 1. The van der Waals surface area contributed by atoms with Gasteiger partial charge in [0.15, 0.2) is 0 Å². The third kappa shape index (κ3) is 3.54. The molecule has 188 valence electrons. The van der Waals surface area contributed by atoms with E-state index in [1.165, 1.54) is 38.5 Å². The first kappa shape index (κ1) is 23.1. The topological polar surface area (TPSA) is 89.9 Å². The predicted molar refractivity (Wildman–Crippen MR) is 128 cm³/mol. The molecule has 6 nitrogen and oxygen atoms in total. The zero-order valence-electron chi connectivity index (χ0n) is 20.6. The summed E-state index contributed by atoms with van der Waals surface area (Å²) in [6.45, 7) is 2.52. The van der Waals surface area contributed by atoms with Gasteiger partial charge in [-0.25, -0.2) is 0 Å². The van der Waals surface area contributed by atoms with Gasteiger partial charge in [0.05, 0.1) is 31.0 Å². The summed E-state index contributed by atoms with van der Waals surface area (Å²) in [6.07, 6.45) is 11.1. The number of phenolic OH excluding ortho intramolecular Hbond substituents is 1. The molecule has 0 saturated heterocycles. The Balaban J connectivity index is 1.17. The van der Waals surface area contributed by atoms with Gasteiger partial charge in [-0.15, -0.1) is 0 Å². The smallest absolute Gasteiger partial charge is 0.310 e. The van der Waals surface area contributed by atoms with Crippen molar-refractivity contribution in [2.75, 3.05) is 13.2 Å². The average molecular weight is 481 g/mol. The van der Waals surface area contributed by atoms with E-state index in [1.54, 1.807) is 18.2 Å². The minimum absolute atomic E-state index is 0.0533. The molecule has 0 amide bonds. The maximum atomic E-state index is 13.4. The summed E-state index contributed by atoms with van der Waals surface area (Å²) in [5, 5.41) is 10.0. The standard InChI is InChI=1S/C29H36O6/c1-2-10-34-27(33)25-23-20-12-18(30)6-7-19(20)21(13-22(23)31)24(25)26(32)35-11-4-9-29-15-17-5-3-8-28(29,14-17)16-29/h6-7,12,17,21,23-25,30H,2-5,8-11,13-16H2,1H3/t17?,21?,23?,24-,25-,28?,29?/m1/s1. The first-order valence-corrected chi connectivity index (χ1v) is 13.6. The molecular formula is C29H36O6. The molecule has 0 aromatic heterocycles. The molecule has 4 bridgehead atoms. The molecule has 1 spiro atoms. The monoisotopic (exact) mass is 480 g/mol. The number of hydrogen-bond acceptors (Lipinski definition) is 6. The number of ketones is 1. The highest BCUT2D eigenvalue weighted by atomic mass is 16.5. The molecule has 0 aliphatic heterocycles. The lowest BCUT2D eigenvalue weighted by Crippen LogP contribution is -2.50. The molecule has 6 heteroatoms. The van der Waals surface area contributed by atoms with Gasteiger partial charge in [0.25, 0.3) is 0 Å². The third-order valence-corrected chi connectivity index (χ3v) is 10.1. The van der Waals surface area contributed by atoms with Crippen LogP contribution < -0.4 is 0 Å². The molecule has 0 heterocycles. The van der Waals surface area contributed by atoms with E-state index in [2.05, 4.69) is 0 Å². The molecule has 5 unspecified atom stereocenters. The SMILES string of the molecule is CCCOC(=O)[C@@H]1C2C(=O)CC(c3ccc(O)cc32)[C@H]1C(=O)OCCCC12CC3CCCC1(C3)C2. The summed E-state index contributed by atoms with van der Waals surface area (Å²) in [4.78, 5) is 39.5. The van der Waals surface area contributed by atoms with Crippen LogP contribution in [-0.4, -0.2) is 36.0 Å². The lowest BCUT2D eigenvalue weighted by atomic mass is 9.55. The van der Waals surface area contributed by atoms with E-state index in [1.807, 2.05) is 6.92 Å². The molecule has 4 saturated carbocycles. The van der Waals surface area contributed by atoms with Crippen LogP contribution in [-0.2, 0) is 23.9 Å². The van der Waals surface area contributed by atoms with Crippen LogP contribution in [0.4, 0.5) is 0 Å². The van der Waals surface area contributed by atoms with E-state index in [0.29, 0.717) is 29.4 Å². The number of Topliss-reactive ketones (excluding diaryl/α,β-unsaturated/α-hetero) is 1. The largest absolute Gasteiger partial charge is 0.508 e. The van der Waals surface area contributed by atoms with Crippen LogP contribution in [0.5, 0.6) is 5.75 Å². The van der Waals surface area contributed by atoms with Gasteiger partial charge in [0.1, 0.15) is 11.5 Å². The summed E-state index contributed by atoms with van der Waals surface area (Å²) in [6, 6.07) is 4.93. The molecule has 6 aliphatic rings. The first-order chi connectivity index (χ1) is 16.9. The second kappa shape index (κ2) is 8.35. The third-order valence-electron chi connectivity index (χ3n) is 10.1. The minimum Gasteiger partial charge on any atom is -0.508 e. The number of fused-ring (bicyclic) bond motifs is 3. The van der Waals surface area contributed by atoms with Crippen LogP contribution in [0.15, 0.2) is 18.2 Å². The van der Waals surface area contributed by atoms with Crippen LogP contribution in [0.1, 0.15) is 94.1 Å². The summed E-state index contributed by atoms with van der Waals surface area (Å²) in [7, 11) is 0. The van der Waals surface area contributed by atoms with Crippen molar-refractivity contribution in [3.05, 3.63) is 29.3 Å². The van der Waals surface area contributed by atoms with Crippen LogP contribution >= 0.6 is 0 Å². The van der Waals surface area contributed by atoms with Crippen LogP contribution in [0, 0.1) is 28.6 Å². The van der Waals surface area contributed by atoms with E-state index in [4.69, 9.17) is 9.47 Å². The van der Waals surface area contributed by atoms with Crippen LogP contribution in [0.25, 0.3) is 0 Å². The van der Waals surface area contributed by atoms with Crippen molar-refractivity contribution in [1.29, 1.82) is 0 Å². The molecule has 1 aromatic rings.